The average Bonchev–Trinajstić information content (AvgIpc) is 2.92. The van der Waals surface area contributed by atoms with Gasteiger partial charge in [0.2, 0.25) is 11.9 Å². The lowest BCUT2D eigenvalue weighted by molar-refractivity contribution is -0.123. The highest BCUT2D eigenvalue weighted by molar-refractivity contribution is 6.31. The first-order chi connectivity index (χ1) is 10.4. The molecule has 1 aliphatic rings. The number of hydrogen-bond donors (Lipinski definition) is 2. The van der Waals surface area contributed by atoms with Gasteiger partial charge in [0.15, 0.2) is 0 Å². The summed E-state index contributed by atoms with van der Waals surface area (Å²) in [7, 11) is 0. The number of fused-ring (bicyclic) bond motifs is 1. The lowest BCUT2D eigenvalue weighted by Gasteiger charge is -2.10. The van der Waals surface area contributed by atoms with Crippen molar-refractivity contribution in [1.29, 1.82) is 0 Å². The van der Waals surface area contributed by atoms with Gasteiger partial charge in [0.05, 0.1) is 6.42 Å². The van der Waals surface area contributed by atoms with Crippen LogP contribution in [-0.4, -0.2) is 26.6 Å². The van der Waals surface area contributed by atoms with E-state index in [0.717, 1.165) is 5.56 Å². The molecule has 1 aromatic heterocycles. The fourth-order valence-corrected chi connectivity index (χ4v) is 2.46. The molecule has 0 spiro atoms. The first kappa shape index (κ1) is 14.5. The van der Waals surface area contributed by atoms with E-state index in [1.165, 1.54) is 4.68 Å². The molecule has 1 atom stereocenters. The Hall–Kier alpha value is -2.41. The monoisotopic (exact) mass is 319 g/mol. The largest absolute Gasteiger partial charge is 0.326 e. The zero-order valence-corrected chi connectivity index (χ0v) is 12.8. The molecule has 0 aliphatic carbocycles. The van der Waals surface area contributed by atoms with Crippen LogP contribution < -0.4 is 10.6 Å². The van der Waals surface area contributed by atoms with Crippen LogP contribution in [0.1, 0.15) is 23.9 Å². The minimum Gasteiger partial charge on any atom is -0.326 e. The Morgan fingerprint density at radius 3 is 2.95 bits per heavy atom. The minimum absolute atomic E-state index is 0.0207. The van der Waals surface area contributed by atoms with Crippen LogP contribution in [0.2, 0.25) is 5.02 Å². The average molecular weight is 320 g/mol. The molecular weight excluding hydrogens is 306 g/mol. The van der Waals surface area contributed by atoms with Crippen molar-refractivity contribution in [2.75, 3.05) is 10.6 Å². The lowest BCUT2D eigenvalue weighted by Crippen LogP contribution is -2.23. The van der Waals surface area contributed by atoms with Gasteiger partial charge < -0.3 is 5.32 Å². The quantitative estimate of drug-likeness (QED) is 0.906. The number of halogens is 1. The number of aromatic nitrogens is 3. The zero-order valence-electron chi connectivity index (χ0n) is 12.1. The number of benzene rings is 1. The molecule has 0 unspecified atom stereocenters. The second-order valence-electron chi connectivity index (χ2n) is 5.15. The van der Waals surface area contributed by atoms with Crippen molar-refractivity contribution in [3.63, 3.8) is 0 Å². The molecule has 0 radical (unpaired) electrons. The third kappa shape index (κ3) is 2.67. The maximum absolute atomic E-state index is 12.1. The molecule has 8 heteroatoms. The first-order valence-corrected chi connectivity index (χ1v) is 7.12. The van der Waals surface area contributed by atoms with Gasteiger partial charge in [-0.3, -0.25) is 14.9 Å². The predicted octanol–water partition coefficient (Wildman–Crippen LogP) is 2.07. The molecular formula is C14H14ClN5O2. The van der Waals surface area contributed by atoms with Crippen molar-refractivity contribution >= 4 is 35.1 Å². The number of amides is 2. The number of aryl methyl sites for hydroxylation is 2. The van der Waals surface area contributed by atoms with Gasteiger partial charge in [0.25, 0.3) is 5.91 Å². The van der Waals surface area contributed by atoms with Crippen LogP contribution in [0.3, 0.4) is 0 Å². The molecule has 114 valence electrons. The summed E-state index contributed by atoms with van der Waals surface area (Å²) in [6.07, 6.45) is -0.0207. The molecule has 2 N–H and O–H groups in total. The molecule has 22 heavy (non-hydrogen) atoms. The molecule has 7 nitrogen and oxygen atoms in total. The number of carbonyl (C=O) groups is 2. The summed E-state index contributed by atoms with van der Waals surface area (Å²) in [5.41, 5.74) is 1.52. The van der Waals surface area contributed by atoms with E-state index in [4.69, 9.17) is 11.6 Å². The minimum atomic E-state index is -0.683. The number of carbonyl (C=O) groups excluding carboxylic acids is 2. The molecule has 0 fully saturated rings. The molecule has 0 saturated carbocycles. The zero-order chi connectivity index (χ0) is 15.9. The van der Waals surface area contributed by atoms with E-state index >= 15 is 0 Å². The molecule has 1 aliphatic heterocycles. The Bertz CT molecular complexity index is 771. The van der Waals surface area contributed by atoms with Gasteiger partial charge in [-0.05, 0) is 31.5 Å². The van der Waals surface area contributed by atoms with Crippen LogP contribution in [0, 0.1) is 13.8 Å². The Kier molecular flexibility index (Phi) is 3.58. The van der Waals surface area contributed by atoms with Crippen LogP contribution in [0.25, 0.3) is 0 Å². The number of nitrogens with one attached hydrogen (secondary N) is 2. The SMILES string of the molecule is Cc1nc2n(n1)[C@@H](CC(=O)Nc1ccc(C)c(Cl)c1)C(=O)N2. The highest BCUT2D eigenvalue weighted by Crippen LogP contribution is 2.26. The fraction of sp³-hybridized carbons (Fsp3) is 0.286. The van der Waals surface area contributed by atoms with Crippen molar-refractivity contribution in [1.82, 2.24) is 14.8 Å². The molecule has 0 bridgehead atoms. The maximum atomic E-state index is 12.1. The van der Waals surface area contributed by atoms with Crippen molar-refractivity contribution in [2.24, 2.45) is 0 Å². The second kappa shape index (κ2) is 5.42. The van der Waals surface area contributed by atoms with Gasteiger partial charge in [-0.15, -0.1) is 0 Å². The van der Waals surface area contributed by atoms with Crippen LogP contribution in [0.4, 0.5) is 11.6 Å². The highest BCUT2D eigenvalue weighted by atomic mass is 35.5. The van der Waals surface area contributed by atoms with Crippen molar-refractivity contribution in [2.45, 2.75) is 26.3 Å². The summed E-state index contributed by atoms with van der Waals surface area (Å²) in [6.45, 7) is 3.61. The van der Waals surface area contributed by atoms with E-state index in [1.807, 2.05) is 13.0 Å². The normalized spacial score (nSPS) is 16.3. The summed E-state index contributed by atoms with van der Waals surface area (Å²) in [6, 6.07) is 4.57. The van der Waals surface area contributed by atoms with E-state index in [0.29, 0.717) is 22.5 Å². The lowest BCUT2D eigenvalue weighted by atomic mass is 10.2. The van der Waals surface area contributed by atoms with Gasteiger partial charge in [-0.2, -0.15) is 10.1 Å². The van der Waals surface area contributed by atoms with Crippen LogP contribution >= 0.6 is 11.6 Å². The van der Waals surface area contributed by atoms with E-state index in [2.05, 4.69) is 20.7 Å². The van der Waals surface area contributed by atoms with Crippen molar-refractivity contribution in [3.05, 3.63) is 34.6 Å². The second-order valence-corrected chi connectivity index (χ2v) is 5.56. The predicted molar refractivity (Wildman–Crippen MR) is 81.9 cm³/mol. The number of rotatable bonds is 3. The number of nitrogens with zero attached hydrogens (tertiary/aromatic N) is 3. The molecule has 1 aromatic carbocycles. The van der Waals surface area contributed by atoms with Crippen molar-refractivity contribution < 1.29 is 9.59 Å². The Morgan fingerprint density at radius 1 is 1.45 bits per heavy atom. The fourth-order valence-electron chi connectivity index (χ4n) is 2.27. The Labute approximate surface area is 131 Å². The summed E-state index contributed by atoms with van der Waals surface area (Å²) >= 11 is 6.02. The molecule has 0 saturated heterocycles. The molecule has 2 amide bonds. The molecule has 2 aromatic rings. The third-order valence-corrected chi connectivity index (χ3v) is 3.81. The highest BCUT2D eigenvalue weighted by Gasteiger charge is 2.34. The van der Waals surface area contributed by atoms with E-state index in [9.17, 15) is 9.59 Å². The maximum Gasteiger partial charge on any atom is 0.252 e. The van der Waals surface area contributed by atoms with E-state index in [1.54, 1.807) is 19.1 Å². The summed E-state index contributed by atoms with van der Waals surface area (Å²) in [5, 5.41) is 10.0. The summed E-state index contributed by atoms with van der Waals surface area (Å²) in [4.78, 5) is 28.1. The molecule has 2 heterocycles. The standard InChI is InChI=1S/C14H14ClN5O2/c1-7-3-4-9(5-10(7)15)17-12(21)6-11-13(22)18-14-16-8(2)19-20(11)14/h3-5,11H,6H2,1-2H3,(H,17,21)(H,16,18,19,22)/t11-/m0/s1. The smallest absolute Gasteiger partial charge is 0.252 e. The molecule has 3 rings (SSSR count). The van der Waals surface area contributed by atoms with Gasteiger partial charge >= 0.3 is 0 Å². The van der Waals surface area contributed by atoms with E-state index < -0.39 is 6.04 Å². The summed E-state index contributed by atoms with van der Waals surface area (Å²) in [5.74, 6) is 0.345. The van der Waals surface area contributed by atoms with E-state index in [-0.39, 0.29) is 18.2 Å². The number of anilines is 2. The topological polar surface area (TPSA) is 88.9 Å². The van der Waals surface area contributed by atoms with Crippen LogP contribution in [0.15, 0.2) is 18.2 Å². The number of hydrogen-bond acceptors (Lipinski definition) is 4. The Morgan fingerprint density at radius 2 is 2.23 bits per heavy atom. The van der Waals surface area contributed by atoms with Crippen LogP contribution in [0.5, 0.6) is 0 Å². The summed E-state index contributed by atoms with van der Waals surface area (Å²) < 4.78 is 1.44. The van der Waals surface area contributed by atoms with Gasteiger partial charge in [-0.25, -0.2) is 4.68 Å². The van der Waals surface area contributed by atoms with Gasteiger partial charge in [0, 0.05) is 10.7 Å². The van der Waals surface area contributed by atoms with Crippen LogP contribution in [-0.2, 0) is 9.59 Å². The first-order valence-electron chi connectivity index (χ1n) is 6.74. The van der Waals surface area contributed by atoms with Crippen molar-refractivity contribution in [3.8, 4) is 0 Å². The van der Waals surface area contributed by atoms with Gasteiger partial charge in [0.1, 0.15) is 11.9 Å². The Balaban J connectivity index is 1.71. The van der Waals surface area contributed by atoms with Gasteiger partial charge in [-0.1, -0.05) is 17.7 Å². The third-order valence-electron chi connectivity index (χ3n) is 3.40.